The molecule has 1 saturated heterocycles. The topological polar surface area (TPSA) is 230 Å². The van der Waals surface area contributed by atoms with Crippen LogP contribution >= 0.6 is 0 Å². The van der Waals surface area contributed by atoms with Crippen molar-refractivity contribution in [2.24, 2.45) is 50.2 Å². The average molecular weight is 807 g/mol. The highest BCUT2D eigenvalue weighted by atomic mass is 16.7. The Bertz CT molecular complexity index is 1660. The van der Waals surface area contributed by atoms with Crippen LogP contribution in [0, 0.1) is 50.2 Å². The summed E-state index contributed by atoms with van der Waals surface area (Å²) in [6.07, 6.45) is -4.71. The molecule has 5 aliphatic carbocycles. The Labute approximate surface area is 335 Å². The quantitative estimate of drug-likeness (QED) is 0.0810. The zero-order chi connectivity index (χ0) is 42.4. The highest BCUT2D eigenvalue weighted by Gasteiger charge is 2.74. The molecule has 0 spiro atoms. The Kier molecular flexibility index (Phi) is 11.6. The maximum atomic E-state index is 13.2. The minimum atomic E-state index is -1.85. The number of carboxylic acids is 1. The van der Waals surface area contributed by atoms with Crippen LogP contribution in [0.3, 0.4) is 0 Å². The molecule has 0 radical (unpaired) electrons. The third-order valence-electron chi connectivity index (χ3n) is 16.8. The predicted molar refractivity (Wildman–Crippen MR) is 204 cm³/mol. The molecule has 17 unspecified atom stereocenters. The van der Waals surface area contributed by atoms with E-state index in [1.165, 1.54) is 6.92 Å². The number of hydrogen-bond acceptors (Lipinski definition) is 13. The fourth-order valence-corrected chi connectivity index (χ4v) is 13.3. The van der Waals surface area contributed by atoms with Crippen molar-refractivity contribution in [3.05, 3.63) is 23.3 Å². The zero-order valence-electron chi connectivity index (χ0n) is 34.9. The smallest absolute Gasteiger partial charge is 0.335 e. The number of fused-ring (bicyclic) bond motifs is 7. The number of aliphatic carboxylic acids is 1. The van der Waals surface area contributed by atoms with Crippen LogP contribution in [0.2, 0.25) is 0 Å². The Hall–Kier alpha value is -2.43. The van der Waals surface area contributed by atoms with E-state index in [9.17, 15) is 50.1 Å². The number of rotatable bonds is 8. The Morgan fingerprint density at radius 2 is 1.53 bits per heavy atom. The second-order valence-electron chi connectivity index (χ2n) is 19.9. The fraction of sp³-hybridized carbons (Fsp3) is 0.837. The summed E-state index contributed by atoms with van der Waals surface area (Å²) in [4.78, 5) is 37.8. The molecule has 57 heavy (non-hydrogen) atoms. The Balaban J connectivity index is 1.36. The van der Waals surface area contributed by atoms with E-state index in [-0.39, 0.29) is 35.7 Å². The molecule has 1 aliphatic heterocycles. The van der Waals surface area contributed by atoms with E-state index in [1.54, 1.807) is 19.9 Å². The first-order chi connectivity index (χ1) is 26.4. The lowest BCUT2D eigenvalue weighted by Gasteiger charge is -2.72. The SMILES string of the molecule is CC=C(C)C(=O)OC1C(OC(C)=O)C2(CO)C(O)CC3(C)C(=CCC4C5(C)CCC(OC6OC(C(=O)O)C(O)C(O)C6O)C(C)(CO)C5CCC43C)C2CC1(C)C. The Morgan fingerprint density at radius 1 is 0.860 bits per heavy atom. The molecular weight excluding hydrogens is 740 g/mol. The highest BCUT2D eigenvalue weighted by molar-refractivity contribution is 5.87. The van der Waals surface area contributed by atoms with Gasteiger partial charge in [0.25, 0.3) is 0 Å². The minimum absolute atomic E-state index is 0.0834. The van der Waals surface area contributed by atoms with Crippen LogP contribution in [-0.4, -0.2) is 122 Å². The lowest BCUT2D eigenvalue weighted by atomic mass is 9.33. The van der Waals surface area contributed by atoms with Crippen LogP contribution in [0.4, 0.5) is 0 Å². The molecule has 14 heteroatoms. The van der Waals surface area contributed by atoms with Gasteiger partial charge in [-0.2, -0.15) is 0 Å². The lowest BCUT2D eigenvalue weighted by molar-refractivity contribution is -0.328. The number of aliphatic hydroxyl groups is 6. The molecule has 0 amide bonds. The van der Waals surface area contributed by atoms with Crippen LogP contribution < -0.4 is 0 Å². The molecule has 322 valence electrons. The molecule has 0 bridgehead atoms. The van der Waals surface area contributed by atoms with Gasteiger partial charge >= 0.3 is 17.9 Å². The summed E-state index contributed by atoms with van der Waals surface area (Å²) < 4.78 is 24.0. The molecule has 17 atom stereocenters. The number of esters is 2. The summed E-state index contributed by atoms with van der Waals surface area (Å²) in [5.74, 6) is -3.06. The second kappa shape index (κ2) is 14.9. The standard InChI is InChI=1S/C43H66O14/c1-10-21(2)36(53)57-33-34(54-22(3)46)43(20-45)24(17-38(33,4)5)23-11-12-26-39(6)15-14-28(55-37-31(50)29(48)30(49)32(56-37)35(51)52)40(7,19-44)25(39)13-16-41(26,8)42(23,9)18-27(43)47/h10-11,24-34,37,44-45,47-50H,12-20H2,1-9H3,(H,51,52). The molecule has 0 aromatic rings. The lowest BCUT2D eigenvalue weighted by Crippen LogP contribution is -2.72. The largest absolute Gasteiger partial charge is 0.479 e. The van der Waals surface area contributed by atoms with Gasteiger partial charge in [-0.3, -0.25) is 4.79 Å². The van der Waals surface area contributed by atoms with Gasteiger partial charge in [-0.05, 0) is 92.8 Å². The molecule has 5 fully saturated rings. The van der Waals surface area contributed by atoms with E-state index in [2.05, 4.69) is 26.8 Å². The van der Waals surface area contributed by atoms with E-state index in [0.29, 0.717) is 37.7 Å². The van der Waals surface area contributed by atoms with Gasteiger partial charge in [-0.25, -0.2) is 9.59 Å². The van der Waals surface area contributed by atoms with E-state index >= 15 is 0 Å². The molecule has 14 nitrogen and oxygen atoms in total. The maximum absolute atomic E-state index is 13.2. The van der Waals surface area contributed by atoms with E-state index in [1.807, 2.05) is 20.8 Å². The van der Waals surface area contributed by atoms with Crippen molar-refractivity contribution < 1.29 is 69.1 Å². The van der Waals surface area contributed by atoms with Crippen molar-refractivity contribution in [1.82, 2.24) is 0 Å². The second-order valence-corrected chi connectivity index (χ2v) is 19.9. The van der Waals surface area contributed by atoms with Crippen molar-refractivity contribution in [2.75, 3.05) is 13.2 Å². The molecular formula is C43H66O14. The molecule has 1 heterocycles. The fourth-order valence-electron chi connectivity index (χ4n) is 13.3. The summed E-state index contributed by atoms with van der Waals surface area (Å²) in [5, 5.41) is 76.3. The predicted octanol–water partition coefficient (Wildman–Crippen LogP) is 3.03. The third-order valence-corrected chi connectivity index (χ3v) is 16.8. The van der Waals surface area contributed by atoms with Crippen LogP contribution in [0.25, 0.3) is 0 Å². The van der Waals surface area contributed by atoms with E-state index in [4.69, 9.17) is 18.9 Å². The van der Waals surface area contributed by atoms with Crippen molar-refractivity contribution in [2.45, 2.75) is 162 Å². The molecule has 6 rings (SSSR count). The number of carboxylic acid groups (broad SMARTS) is 1. The van der Waals surface area contributed by atoms with Gasteiger partial charge in [0.1, 0.15) is 30.5 Å². The van der Waals surface area contributed by atoms with Crippen molar-refractivity contribution in [3.8, 4) is 0 Å². The van der Waals surface area contributed by atoms with Gasteiger partial charge in [-0.15, -0.1) is 0 Å². The van der Waals surface area contributed by atoms with Crippen molar-refractivity contribution in [1.29, 1.82) is 0 Å². The first-order valence-corrected chi connectivity index (χ1v) is 20.6. The Morgan fingerprint density at radius 3 is 2.11 bits per heavy atom. The number of aliphatic hydroxyl groups excluding tert-OH is 6. The van der Waals surface area contributed by atoms with Crippen molar-refractivity contribution in [3.63, 3.8) is 0 Å². The minimum Gasteiger partial charge on any atom is -0.479 e. The first-order valence-electron chi connectivity index (χ1n) is 20.6. The molecule has 7 N–H and O–H groups in total. The third kappa shape index (κ3) is 6.37. The summed E-state index contributed by atoms with van der Waals surface area (Å²) in [6.45, 7) is 16.6. The molecule has 0 aromatic carbocycles. The zero-order valence-corrected chi connectivity index (χ0v) is 34.9. The van der Waals surface area contributed by atoms with E-state index in [0.717, 1.165) is 12.0 Å². The number of allylic oxidation sites excluding steroid dienone is 3. The highest BCUT2D eigenvalue weighted by Crippen LogP contribution is 2.76. The monoisotopic (exact) mass is 806 g/mol. The molecule has 4 saturated carbocycles. The number of carbonyl (C=O) groups excluding carboxylic acids is 2. The van der Waals surface area contributed by atoms with Gasteiger partial charge in [0.05, 0.1) is 30.8 Å². The number of ether oxygens (including phenoxy) is 4. The summed E-state index contributed by atoms with van der Waals surface area (Å²) >= 11 is 0. The number of hydrogen-bond donors (Lipinski definition) is 7. The van der Waals surface area contributed by atoms with Gasteiger partial charge in [0.15, 0.2) is 12.4 Å². The maximum Gasteiger partial charge on any atom is 0.335 e. The normalized spacial score (nSPS) is 49.2. The average Bonchev–Trinajstić information content (AvgIpc) is 3.13. The van der Waals surface area contributed by atoms with Crippen LogP contribution in [-0.2, 0) is 33.3 Å². The van der Waals surface area contributed by atoms with Crippen LogP contribution in [0.5, 0.6) is 0 Å². The van der Waals surface area contributed by atoms with E-state index < -0.39 is 107 Å². The van der Waals surface area contributed by atoms with Gasteiger partial charge in [0, 0.05) is 23.3 Å². The summed E-state index contributed by atoms with van der Waals surface area (Å²) in [7, 11) is 0. The van der Waals surface area contributed by atoms with Gasteiger partial charge in [0.2, 0.25) is 0 Å². The van der Waals surface area contributed by atoms with Crippen molar-refractivity contribution >= 4 is 17.9 Å². The molecule has 6 aliphatic rings. The summed E-state index contributed by atoms with van der Waals surface area (Å²) in [6, 6.07) is 0. The van der Waals surface area contributed by atoms with Gasteiger partial charge in [-0.1, -0.05) is 59.3 Å². The van der Waals surface area contributed by atoms with Crippen LogP contribution in [0.1, 0.15) is 107 Å². The van der Waals surface area contributed by atoms with Crippen LogP contribution in [0.15, 0.2) is 23.3 Å². The first kappa shape index (κ1) is 44.1. The number of carbonyl (C=O) groups is 3. The summed E-state index contributed by atoms with van der Waals surface area (Å²) in [5.41, 5.74) is -2.67. The molecule has 0 aromatic heterocycles. The van der Waals surface area contributed by atoms with Gasteiger partial charge < -0.3 is 54.7 Å².